The minimum absolute atomic E-state index is 0.0908. The van der Waals surface area contributed by atoms with Gasteiger partial charge >= 0.3 is 0 Å². The molecule has 4 rings (SSSR count). The molecule has 4 heterocycles. The molecular formula is C20H25N5O2. The molecule has 2 aliphatic rings. The van der Waals surface area contributed by atoms with Crippen molar-refractivity contribution in [1.82, 2.24) is 15.3 Å². The fourth-order valence-electron chi connectivity index (χ4n) is 3.57. The molecule has 2 aromatic rings. The highest BCUT2D eigenvalue weighted by Gasteiger charge is 2.20. The van der Waals surface area contributed by atoms with Gasteiger partial charge in [-0.2, -0.15) is 0 Å². The van der Waals surface area contributed by atoms with Crippen molar-refractivity contribution in [2.75, 3.05) is 49.1 Å². The van der Waals surface area contributed by atoms with Crippen molar-refractivity contribution in [3.05, 3.63) is 48.4 Å². The molecule has 27 heavy (non-hydrogen) atoms. The molecule has 1 amide bonds. The topological polar surface area (TPSA) is 70.6 Å². The maximum Gasteiger partial charge on any atom is 0.253 e. The first kappa shape index (κ1) is 17.7. The summed E-state index contributed by atoms with van der Waals surface area (Å²) in [6, 6.07) is 7.91. The van der Waals surface area contributed by atoms with Crippen LogP contribution in [0.2, 0.25) is 0 Å². The van der Waals surface area contributed by atoms with Gasteiger partial charge in [-0.05, 0) is 31.0 Å². The lowest BCUT2D eigenvalue weighted by Gasteiger charge is -2.36. The first-order chi connectivity index (χ1) is 13.3. The van der Waals surface area contributed by atoms with E-state index in [9.17, 15) is 4.79 Å². The Hall–Kier alpha value is -2.67. The highest BCUT2D eigenvalue weighted by Crippen LogP contribution is 2.19. The molecule has 0 aromatic carbocycles. The number of aromatic nitrogens is 2. The molecule has 2 fully saturated rings. The van der Waals surface area contributed by atoms with Gasteiger partial charge in [0.15, 0.2) is 0 Å². The number of pyridine rings is 2. The van der Waals surface area contributed by atoms with E-state index in [1.807, 2.05) is 36.7 Å². The molecule has 2 saturated heterocycles. The van der Waals surface area contributed by atoms with Crippen LogP contribution < -0.4 is 15.1 Å². The second-order valence-electron chi connectivity index (χ2n) is 6.94. The van der Waals surface area contributed by atoms with Gasteiger partial charge in [0.05, 0.1) is 23.6 Å². The number of anilines is 2. The fourth-order valence-corrected chi connectivity index (χ4v) is 3.57. The number of hydrogen-bond acceptors (Lipinski definition) is 6. The molecule has 0 radical (unpaired) electrons. The highest BCUT2D eigenvalue weighted by molar-refractivity contribution is 5.94. The Balaban J connectivity index is 1.34. The van der Waals surface area contributed by atoms with Crippen LogP contribution in [-0.2, 0) is 4.74 Å². The summed E-state index contributed by atoms with van der Waals surface area (Å²) in [5.74, 6) is 0.921. The molecule has 142 valence electrons. The van der Waals surface area contributed by atoms with Gasteiger partial charge < -0.3 is 19.9 Å². The second-order valence-corrected chi connectivity index (χ2v) is 6.94. The van der Waals surface area contributed by atoms with Crippen molar-refractivity contribution in [2.24, 2.45) is 0 Å². The van der Waals surface area contributed by atoms with Gasteiger partial charge in [0.1, 0.15) is 5.82 Å². The minimum Gasteiger partial charge on any atom is -0.376 e. The smallest absolute Gasteiger partial charge is 0.253 e. The molecule has 1 atom stereocenters. The van der Waals surface area contributed by atoms with E-state index in [1.54, 1.807) is 6.20 Å². The highest BCUT2D eigenvalue weighted by atomic mass is 16.5. The van der Waals surface area contributed by atoms with Gasteiger partial charge in [0.25, 0.3) is 5.91 Å². The number of rotatable bonds is 5. The third-order valence-electron chi connectivity index (χ3n) is 5.12. The lowest BCUT2D eigenvalue weighted by atomic mass is 10.2. The molecule has 2 aliphatic heterocycles. The summed E-state index contributed by atoms with van der Waals surface area (Å²) >= 11 is 0. The van der Waals surface area contributed by atoms with Crippen LogP contribution in [0.25, 0.3) is 0 Å². The van der Waals surface area contributed by atoms with E-state index < -0.39 is 0 Å². The number of nitrogens with zero attached hydrogens (tertiary/aromatic N) is 4. The molecule has 1 N–H and O–H groups in total. The Labute approximate surface area is 159 Å². The van der Waals surface area contributed by atoms with Gasteiger partial charge in [-0.3, -0.25) is 9.78 Å². The SMILES string of the molecule is O=C(NCC1CCCO1)c1cncc(N2CCN(c3ccccn3)CC2)c1. The van der Waals surface area contributed by atoms with Crippen LogP contribution in [0.4, 0.5) is 11.5 Å². The van der Waals surface area contributed by atoms with Crippen LogP contribution in [0.3, 0.4) is 0 Å². The molecule has 0 bridgehead atoms. The molecule has 0 saturated carbocycles. The van der Waals surface area contributed by atoms with Gasteiger partial charge in [0.2, 0.25) is 0 Å². The van der Waals surface area contributed by atoms with Crippen LogP contribution in [-0.4, -0.2) is 61.3 Å². The van der Waals surface area contributed by atoms with Gasteiger partial charge in [-0.1, -0.05) is 6.07 Å². The van der Waals surface area contributed by atoms with E-state index in [0.29, 0.717) is 12.1 Å². The molecule has 2 aromatic heterocycles. The van der Waals surface area contributed by atoms with E-state index in [1.165, 1.54) is 0 Å². The largest absolute Gasteiger partial charge is 0.376 e. The molecule has 0 aliphatic carbocycles. The van der Waals surface area contributed by atoms with Crippen LogP contribution >= 0.6 is 0 Å². The summed E-state index contributed by atoms with van der Waals surface area (Å²) in [4.78, 5) is 25.7. The van der Waals surface area contributed by atoms with E-state index >= 15 is 0 Å². The molecular weight excluding hydrogens is 342 g/mol. The van der Waals surface area contributed by atoms with Crippen LogP contribution in [0, 0.1) is 0 Å². The summed E-state index contributed by atoms with van der Waals surface area (Å²) in [7, 11) is 0. The molecule has 0 spiro atoms. The van der Waals surface area contributed by atoms with Gasteiger partial charge in [-0.25, -0.2) is 4.98 Å². The number of carbonyl (C=O) groups excluding carboxylic acids is 1. The Morgan fingerprint density at radius 1 is 1.19 bits per heavy atom. The average Bonchev–Trinajstić information content (AvgIpc) is 3.27. The minimum atomic E-state index is -0.0908. The zero-order chi connectivity index (χ0) is 18.5. The summed E-state index contributed by atoms with van der Waals surface area (Å²) < 4.78 is 5.56. The Morgan fingerprint density at radius 3 is 2.78 bits per heavy atom. The predicted molar refractivity (Wildman–Crippen MR) is 104 cm³/mol. The van der Waals surface area contributed by atoms with Crippen molar-refractivity contribution >= 4 is 17.4 Å². The van der Waals surface area contributed by atoms with Crippen LogP contribution in [0.15, 0.2) is 42.9 Å². The monoisotopic (exact) mass is 367 g/mol. The molecule has 7 heteroatoms. The van der Waals surface area contributed by atoms with E-state index in [2.05, 4.69) is 25.1 Å². The van der Waals surface area contributed by atoms with Crippen molar-refractivity contribution in [2.45, 2.75) is 18.9 Å². The van der Waals surface area contributed by atoms with E-state index in [0.717, 1.165) is 57.1 Å². The number of hydrogen-bond donors (Lipinski definition) is 1. The maximum atomic E-state index is 12.4. The number of amides is 1. The number of nitrogens with one attached hydrogen (secondary N) is 1. The molecule has 7 nitrogen and oxygen atoms in total. The van der Waals surface area contributed by atoms with Gasteiger partial charge in [-0.15, -0.1) is 0 Å². The lowest BCUT2D eigenvalue weighted by molar-refractivity contribution is 0.0857. The fraction of sp³-hybridized carbons (Fsp3) is 0.450. The number of ether oxygens (including phenoxy) is 1. The third kappa shape index (κ3) is 4.36. The quantitative estimate of drug-likeness (QED) is 0.868. The standard InChI is InChI=1S/C20H25N5O2/c26-20(23-15-18-4-3-11-27-18)16-12-17(14-21-13-16)24-7-9-25(10-8-24)19-5-1-2-6-22-19/h1-2,5-6,12-14,18H,3-4,7-11,15H2,(H,23,26). The summed E-state index contributed by atoms with van der Waals surface area (Å²) in [6.07, 6.45) is 7.50. The Kier molecular flexibility index (Phi) is 5.48. The lowest BCUT2D eigenvalue weighted by Crippen LogP contribution is -2.47. The van der Waals surface area contributed by atoms with Crippen LogP contribution in [0.5, 0.6) is 0 Å². The van der Waals surface area contributed by atoms with Crippen molar-refractivity contribution in [3.63, 3.8) is 0 Å². The van der Waals surface area contributed by atoms with Crippen molar-refractivity contribution < 1.29 is 9.53 Å². The summed E-state index contributed by atoms with van der Waals surface area (Å²) in [6.45, 7) is 4.89. The Bertz CT molecular complexity index is 756. The molecule has 1 unspecified atom stereocenters. The zero-order valence-electron chi connectivity index (χ0n) is 15.4. The number of carbonyl (C=O) groups is 1. The zero-order valence-corrected chi connectivity index (χ0v) is 15.4. The first-order valence-corrected chi connectivity index (χ1v) is 9.55. The average molecular weight is 367 g/mol. The van der Waals surface area contributed by atoms with E-state index in [4.69, 9.17) is 4.74 Å². The van der Waals surface area contributed by atoms with Crippen molar-refractivity contribution in [1.29, 1.82) is 0 Å². The van der Waals surface area contributed by atoms with E-state index in [-0.39, 0.29) is 12.0 Å². The normalized spacial score (nSPS) is 19.9. The maximum absolute atomic E-state index is 12.4. The van der Waals surface area contributed by atoms with Crippen molar-refractivity contribution in [3.8, 4) is 0 Å². The second kappa shape index (κ2) is 8.35. The predicted octanol–water partition coefficient (Wildman–Crippen LogP) is 1.71. The van der Waals surface area contributed by atoms with Gasteiger partial charge in [0, 0.05) is 51.7 Å². The third-order valence-corrected chi connectivity index (χ3v) is 5.12. The summed E-state index contributed by atoms with van der Waals surface area (Å²) in [5.41, 5.74) is 1.58. The summed E-state index contributed by atoms with van der Waals surface area (Å²) in [5, 5.41) is 2.96. The van der Waals surface area contributed by atoms with Crippen LogP contribution in [0.1, 0.15) is 23.2 Å². The Morgan fingerprint density at radius 2 is 2.04 bits per heavy atom. The first-order valence-electron chi connectivity index (χ1n) is 9.55. The number of piperazine rings is 1.